The van der Waals surface area contributed by atoms with Gasteiger partial charge in [0.25, 0.3) is 5.56 Å². The highest BCUT2D eigenvalue weighted by molar-refractivity contribution is 5.78. The Morgan fingerprint density at radius 1 is 1.32 bits per heavy atom. The number of rotatable bonds is 5. The number of fused-ring (bicyclic) bond motifs is 1. The smallest absolute Gasteiger partial charge is 0.342 e. The molecule has 0 aliphatic heterocycles. The maximum absolute atomic E-state index is 12.1. The topological polar surface area (TPSA) is 126 Å². The first-order chi connectivity index (χ1) is 12.0. The van der Waals surface area contributed by atoms with Crippen molar-refractivity contribution in [3.63, 3.8) is 0 Å². The van der Waals surface area contributed by atoms with Gasteiger partial charge in [-0.25, -0.2) is 14.9 Å². The summed E-state index contributed by atoms with van der Waals surface area (Å²) in [6.45, 7) is 1.85. The van der Waals surface area contributed by atoms with Crippen molar-refractivity contribution in [1.82, 2.24) is 30.0 Å². The first-order valence-corrected chi connectivity index (χ1v) is 7.84. The highest BCUT2D eigenvalue weighted by atomic mass is 16.2. The molecule has 0 saturated carbocycles. The molecule has 3 N–H and O–H groups in total. The zero-order valence-corrected chi connectivity index (χ0v) is 13.9. The molecule has 0 aliphatic rings. The summed E-state index contributed by atoms with van der Waals surface area (Å²) in [4.78, 5) is 41.3. The molecule has 0 spiro atoms. The van der Waals surface area contributed by atoms with Crippen LogP contribution >= 0.6 is 0 Å². The van der Waals surface area contributed by atoms with Gasteiger partial charge in [0.15, 0.2) is 0 Å². The number of hydrogen-bond acceptors (Lipinski definition) is 5. The lowest BCUT2D eigenvalue weighted by molar-refractivity contribution is -0.121. The van der Waals surface area contributed by atoms with Crippen LogP contribution in [0.15, 0.2) is 33.9 Å². The van der Waals surface area contributed by atoms with Crippen LogP contribution in [0.1, 0.15) is 30.9 Å². The number of nitrogens with one attached hydrogen (secondary N) is 3. The van der Waals surface area contributed by atoms with Gasteiger partial charge in [0.1, 0.15) is 11.5 Å². The Balaban J connectivity index is 1.66. The van der Waals surface area contributed by atoms with E-state index < -0.39 is 11.2 Å². The Kier molecular flexibility index (Phi) is 4.46. The van der Waals surface area contributed by atoms with Crippen LogP contribution in [0.2, 0.25) is 0 Å². The van der Waals surface area contributed by atoms with Crippen LogP contribution in [0.5, 0.6) is 0 Å². The maximum Gasteiger partial charge on any atom is 0.342 e. The molecule has 0 saturated heterocycles. The number of imidazole rings is 1. The minimum Gasteiger partial charge on any atom is -0.346 e. The molecule has 1 amide bonds. The summed E-state index contributed by atoms with van der Waals surface area (Å²) in [5.41, 5.74) is 0.714. The Hall–Kier alpha value is -3.23. The number of hydrogen-bond donors (Lipinski definition) is 3. The summed E-state index contributed by atoms with van der Waals surface area (Å²) in [5, 5.41) is 8.66. The number of carbonyl (C=O) groups is 1. The predicted octanol–water partition coefficient (Wildman–Crippen LogP) is 0.155. The second-order valence-electron chi connectivity index (χ2n) is 5.76. The van der Waals surface area contributed by atoms with Gasteiger partial charge in [-0.3, -0.25) is 14.6 Å². The van der Waals surface area contributed by atoms with Gasteiger partial charge in [0.2, 0.25) is 5.91 Å². The summed E-state index contributed by atoms with van der Waals surface area (Å²) >= 11 is 0. The van der Waals surface area contributed by atoms with E-state index in [2.05, 4.69) is 25.5 Å². The van der Waals surface area contributed by atoms with Crippen molar-refractivity contribution in [2.75, 3.05) is 0 Å². The van der Waals surface area contributed by atoms with E-state index in [1.165, 1.54) is 0 Å². The number of aromatic amines is 2. The summed E-state index contributed by atoms with van der Waals surface area (Å²) in [7, 11) is 1.90. The predicted molar refractivity (Wildman–Crippen MR) is 91.1 cm³/mol. The second kappa shape index (κ2) is 6.71. The highest BCUT2D eigenvalue weighted by Crippen LogP contribution is 2.19. The molecule has 3 aromatic rings. The normalized spacial score (nSPS) is 12.2. The second-order valence-corrected chi connectivity index (χ2v) is 5.76. The first kappa shape index (κ1) is 16.6. The number of carbonyl (C=O) groups excluding carboxylic acids is 1. The van der Waals surface area contributed by atoms with Crippen molar-refractivity contribution in [2.45, 2.75) is 25.8 Å². The average molecular weight is 342 g/mol. The monoisotopic (exact) mass is 342 g/mol. The van der Waals surface area contributed by atoms with E-state index in [1.54, 1.807) is 0 Å². The van der Waals surface area contributed by atoms with E-state index in [0.29, 0.717) is 0 Å². The number of benzene rings is 1. The van der Waals surface area contributed by atoms with Gasteiger partial charge in [0.05, 0.1) is 17.1 Å². The lowest BCUT2D eigenvalue weighted by Crippen LogP contribution is -2.31. The average Bonchev–Trinajstić information content (AvgIpc) is 2.91. The van der Waals surface area contributed by atoms with E-state index in [9.17, 15) is 14.4 Å². The van der Waals surface area contributed by atoms with Gasteiger partial charge in [-0.05, 0) is 19.1 Å². The fourth-order valence-corrected chi connectivity index (χ4v) is 2.70. The Labute approximate surface area is 142 Å². The standard InChI is InChI=1S/C16H18N6O3/c1-9(14-18-10-5-3-4-6-12(10)22(14)2)17-13(23)8-7-11-15(24)19-16(25)21-20-11/h3-6,9H,7-8H2,1-2H3,(H,17,23)(H2,19,21,24,25)/t9-/m0/s1. The molecule has 0 aliphatic carbocycles. The molecule has 130 valence electrons. The third kappa shape index (κ3) is 3.49. The molecule has 1 atom stereocenters. The minimum absolute atomic E-state index is 0.0798. The van der Waals surface area contributed by atoms with Gasteiger partial charge >= 0.3 is 5.69 Å². The molecule has 0 fully saturated rings. The summed E-state index contributed by atoms with van der Waals surface area (Å²) in [6, 6.07) is 7.45. The van der Waals surface area contributed by atoms with Gasteiger partial charge in [0, 0.05) is 19.9 Å². The largest absolute Gasteiger partial charge is 0.346 e. The van der Waals surface area contributed by atoms with Gasteiger partial charge in [-0.15, -0.1) is 0 Å². The molecular weight excluding hydrogens is 324 g/mol. The van der Waals surface area contributed by atoms with Gasteiger partial charge in [-0.1, -0.05) is 12.1 Å². The van der Waals surface area contributed by atoms with Crippen LogP contribution in [0.3, 0.4) is 0 Å². The molecular formula is C16H18N6O3. The summed E-state index contributed by atoms with van der Waals surface area (Å²) in [5.74, 6) is 0.515. The Morgan fingerprint density at radius 3 is 2.80 bits per heavy atom. The fourth-order valence-electron chi connectivity index (χ4n) is 2.70. The molecule has 0 radical (unpaired) electrons. The number of aryl methyl sites for hydroxylation is 2. The van der Waals surface area contributed by atoms with Crippen molar-refractivity contribution in [2.24, 2.45) is 7.05 Å². The van der Waals surface area contributed by atoms with Gasteiger partial charge in [-0.2, -0.15) is 5.10 Å². The molecule has 3 rings (SSSR count). The van der Waals surface area contributed by atoms with Crippen molar-refractivity contribution in [3.05, 3.63) is 56.6 Å². The Morgan fingerprint density at radius 2 is 2.08 bits per heavy atom. The summed E-state index contributed by atoms with van der Waals surface area (Å²) in [6.07, 6.45) is 0.212. The van der Waals surface area contributed by atoms with Crippen LogP contribution in [-0.2, 0) is 18.3 Å². The number of H-pyrrole nitrogens is 2. The van der Waals surface area contributed by atoms with Crippen LogP contribution in [0, 0.1) is 0 Å². The maximum atomic E-state index is 12.1. The zero-order valence-electron chi connectivity index (χ0n) is 13.9. The summed E-state index contributed by atoms with van der Waals surface area (Å²) < 4.78 is 1.94. The third-order valence-corrected chi connectivity index (χ3v) is 3.96. The quantitative estimate of drug-likeness (QED) is 0.609. The van der Waals surface area contributed by atoms with Crippen LogP contribution in [-0.4, -0.2) is 30.6 Å². The Bertz CT molecular complexity index is 1030. The van der Waals surface area contributed by atoms with Crippen LogP contribution < -0.4 is 16.6 Å². The molecule has 9 nitrogen and oxygen atoms in total. The number of amides is 1. The first-order valence-electron chi connectivity index (χ1n) is 7.84. The SMILES string of the molecule is C[C@H](NC(=O)CCc1n[nH]c(=O)[nH]c1=O)c1nc2ccccc2n1C. The molecule has 0 unspecified atom stereocenters. The van der Waals surface area contributed by atoms with Gasteiger partial charge < -0.3 is 9.88 Å². The lowest BCUT2D eigenvalue weighted by Gasteiger charge is -2.13. The molecule has 2 heterocycles. The number of aromatic nitrogens is 5. The highest BCUT2D eigenvalue weighted by Gasteiger charge is 2.16. The van der Waals surface area contributed by atoms with Crippen LogP contribution in [0.25, 0.3) is 11.0 Å². The minimum atomic E-state index is -0.673. The van der Waals surface area contributed by atoms with Crippen molar-refractivity contribution in [1.29, 1.82) is 0 Å². The van der Waals surface area contributed by atoms with Crippen molar-refractivity contribution in [3.8, 4) is 0 Å². The van der Waals surface area contributed by atoms with Crippen molar-refractivity contribution < 1.29 is 4.79 Å². The molecule has 25 heavy (non-hydrogen) atoms. The zero-order chi connectivity index (χ0) is 18.0. The third-order valence-electron chi connectivity index (χ3n) is 3.96. The molecule has 2 aromatic heterocycles. The van der Waals surface area contributed by atoms with E-state index in [1.807, 2.05) is 42.8 Å². The fraction of sp³-hybridized carbons (Fsp3) is 0.312. The van der Waals surface area contributed by atoms with E-state index >= 15 is 0 Å². The van der Waals surface area contributed by atoms with E-state index in [4.69, 9.17) is 0 Å². The van der Waals surface area contributed by atoms with Crippen molar-refractivity contribution >= 4 is 16.9 Å². The number of nitrogens with zero attached hydrogens (tertiary/aromatic N) is 3. The van der Waals surface area contributed by atoms with E-state index in [0.717, 1.165) is 16.9 Å². The molecule has 9 heteroatoms. The number of para-hydroxylation sites is 2. The van der Waals surface area contributed by atoms with Crippen LogP contribution in [0.4, 0.5) is 0 Å². The molecule has 0 bridgehead atoms. The van der Waals surface area contributed by atoms with E-state index in [-0.39, 0.29) is 30.5 Å². The lowest BCUT2D eigenvalue weighted by atomic mass is 10.2. The molecule has 1 aromatic carbocycles.